The quantitative estimate of drug-likeness (QED) is 0.418. The monoisotopic (exact) mass is 528 g/mol. The van der Waals surface area contributed by atoms with Gasteiger partial charge in [0.25, 0.3) is 11.8 Å². The van der Waals surface area contributed by atoms with Crippen molar-refractivity contribution in [2.45, 2.75) is 31.3 Å². The third-order valence-corrected chi connectivity index (χ3v) is 7.12. The molecule has 11 heteroatoms. The van der Waals surface area contributed by atoms with Crippen molar-refractivity contribution < 1.29 is 18.8 Å². The van der Waals surface area contributed by atoms with Gasteiger partial charge in [-0.15, -0.1) is 0 Å². The second kappa shape index (κ2) is 11.3. The smallest absolute Gasteiger partial charge is 0.257 e. The Morgan fingerprint density at radius 1 is 1.24 bits per heavy atom. The lowest BCUT2D eigenvalue weighted by Crippen LogP contribution is -2.60. The Morgan fingerprint density at radius 3 is 2.68 bits per heavy atom. The highest BCUT2D eigenvalue weighted by Gasteiger charge is 2.52. The molecule has 2 heterocycles. The van der Waals surface area contributed by atoms with Crippen LogP contribution in [0.2, 0.25) is 5.02 Å². The summed E-state index contributed by atoms with van der Waals surface area (Å²) in [5.74, 6) is -1.60. The number of halogens is 2. The maximum Gasteiger partial charge on any atom is 0.257 e. The molecule has 2 aliphatic rings. The molecule has 1 saturated heterocycles. The summed E-state index contributed by atoms with van der Waals surface area (Å²) < 4.78 is 13.3. The molecular weight excluding hydrogens is 499 g/mol. The average molecular weight is 529 g/mol. The van der Waals surface area contributed by atoms with E-state index in [2.05, 4.69) is 32.8 Å². The molecule has 37 heavy (non-hydrogen) atoms. The van der Waals surface area contributed by atoms with Gasteiger partial charge in [-0.2, -0.15) is 0 Å². The van der Waals surface area contributed by atoms with E-state index in [1.807, 2.05) is 0 Å². The van der Waals surface area contributed by atoms with E-state index in [0.717, 1.165) is 38.2 Å². The highest BCUT2D eigenvalue weighted by atomic mass is 35.5. The van der Waals surface area contributed by atoms with E-state index in [1.54, 1.807) is 24.3 Å². The van der Waals surface area contributed by atoms with Crippen LogP contribution in [0.4, 0.5) is 10.1 Å². The van der Waals surface area contributed by atoms with Crippen LogP contribution in [-0.4, -0.2) is 61.2 Å². The van der Waals surface area contributed by atoms with E-state index in [0.29, 0.717) is 23.7 Å². The molecule has 2 aromatic rings. The number of carbonyl (C=O) groups is 3. The van der Waals surface area contributed by atoms with Gasteiger partial charge in [0, 0.05) is 25.3 Å². The van der Waals surface area contributed by atoms with Crippen molar-refractivity contribution in [3.8, 4) is 0 Å². The van der Waals surface area contributed by atoms with E-state index in [1.165, 1.54) is 18.8 Å². The van der Waals surface area contributed by atoms with Gasteiger partial charge in [0.05, 0.1) is 16.9 Å². The summed E-state index contributed by atoms with van der Waals surface area (Å²) in [5.41, 5.74) is 5.15. The van der Waals surface area contributed by atoms with Crippen LogP contribution in [0.25, 0.3) is 0 Å². The molecule has 196 valence electrons. The number of aliphatic imine (C=N–C) groups is 1. The number of nitrogens with two attached hydrogens (primary N) is 1. The lowest BCUT2D eigenvalue weighted by molar-refractivity contribution is -0.131. The van der Waals surface area contributed by atoms with Crippen molar-refractivity contribution >= 4 is 41.3 Å². The molecule has 4 rings (SSSR count). The van der Waals surface area contributed by atoms with Crippen LogP contribution >= 0.6 is 11.6 Å². The molecule has 0 saturated carbocycles. The summed E-state index contributed by atoms with van der Waals surface area (Å²) in [7, 11) is 0. The van der Waals surface area contributed by atoms with Crippen LogP contribution in [0.15, 0.2) is 47.5 Å². The second-order valence-corrected chi connectivity index (χ2v) is 9.90. The van der Waals surface area contributed by atoms with Gasteiger partial charge in [-0.3, -0.25) is 19.4 Å². The Balaban J connectivity index is 1.44. The molecule has 5 N–H and O–H groups in total. The molecule has 0 radical (unpaired) electrons. The van der Waals surface area contributed by atoms with Crippen molar-refractivity contribution in [2.24, 2.45) is 16.6 Å². The van der Waals surface area contributed by atoms with Crippen molar-refractivity contribution in [3.05, 3.63) is 64.4 Å². The molecule has 0 aromatic heterocycles. The number of likely N-dealkylation sites (tertiary alicyclic amines) is 1. The molecule has 3 atom stereocenters. The van der Waals surface area contributed by atoms with E-state index < -0.39 is 35.1 Å². The van der Waals surface area contributed by atoms with Gasteiger partial charge in [-0.05, 0) is 61.2 Å². The number of hydrogen-bond donors (Lipinski definition) is 4. The molecule has 3 amide bonds. The summed E-state index contributed by atoms with van der Waals surface area (Å²) in [6.07, 6.45) is 3.67. The van der Waals surface area contributed by atoms with Crippen molar-refractivity contribution in [1.82, 2.24) is 15.5 Å². The van der Waals surface area contributed by atoms with E-state index in [9.17, 15) is 18.8 Å². The van der Waals surface area contributed by atoms with Gasteiger partial charge in [-0.1, -0.05) is 30.7 Å². The zero-order valence-corrected chi connectivity index (χ0v) is 21.2. The average Bonchev–Trinajstić information content (AvgIpc) is 3.31. The van der Waals surface area contributed by atoms with Crippen molar-refractivity contribution in [2.75, 3.05) is 31.5 Å². The number of piperidine rings is 1. The first kappa shape index (κ1) is 26.6. The summed E-state index contributed by atoms with van der Waals surface area (Å²) in [4.78, 5) is 44.9. The first-order valence-electron chi connectivity index (χ1n) is 12.2. The minimum absolute atomic E-state index is 0.0160. The maximum atomic E-state index is 13.3. The van der Waals surface area contributed by atoms with Gasteiger partial charge in [0.2, 0.25) is 5.91 Å². The van der Waals surface area contributed by atoms with Gasteiger partial charge >= 0.3 is 0 Å². The third kappa shape index (κ3) is 5.75. The fourth-order valence-electron chi connectivity index (χ4n) is 4.87. The minimum atomic E-state index is -1.58. The number of rotatable bonds is 8. The highest BCUT2D eigenvalue weighted by Crippen LogP contribution is 2.31. The summed E-state index contributed by atoms with van der Waals surface area (Å²) in [5, 5.41) is 8.44. The maximum absolute atomic E-state index is 13.3. The normalized spacial score (nSPS) is 23.3. The Hall–Kier alpha value is -3.50. The van der Waals surface area contributed by atoms with Crippen molar-refractivity contribution in [1.29, 1.82) is 0 Å². The largest absolute Gasteiger partial charge is 0.367 e. The molecule has 3 unspecified atom stereocenters. The summed E-state index contributed by atoms with van der Waals surface area (Å²) in [6.45, 7) is 5.38. The number of nitrogens with one attached hydrogen (secondary N) is 3. The van der Waals surface area contributed by atoms with E-state index >= 15 is 0 Å². The van der Waals surface area contributed by atoms with Crippen LogP contribution in [-0.2, 0) is 15.1 Å². The molecule has 0 spiro atoms. The second-order valence-electron chi connectivity index (χ2n) is 9.49. The van der Waals surface area contributed by atoms with Crippen LogP contribution < -0.4 is 21.7 Å². The van der Waals surface area contributed by atoms with Gasteiger partial charge in [-0.25, -0.2) is 4.39 Å². The van der Waals surface area contributed by atoms with Crippen LogP contribution in [0.5, 0.6) is 0 Å². The molecule has 1 fully saturated rings. The number of hydrogen-bond acceptors (Lipinski definition) is 6. The number of primary amides is 1. The van der Waals surface area contributed by atoms with Crippen molar-refractivity contribution in [3.63, 3.8) is 0 Å². The topological polar surface area (TPSA) is 129 Å². The Kier molecular flexibility index (Phi) is 8.09. The van der Waals surface area contributed by atoms with Crippen LogP contribution in [0, 0.1) is 11.7 Å². The lowest BCUT2D eigenvalue weighted by atomic mass is 9.82. The fraction of sp³-hybridized carbons (Fsp3) is 0.385. The molecule has 2 aliphatic heterocycles. The molecular formula is C26H30ClFN6O3. The van der Waals surface area contributed by atoms with Gasteiger partial charge in [0.1, 0.15) is 5.82 Å². The lowest BCUT2D eigenvalue weighted by Gasteiger charge is -2.32. The number of benzene rings is 2. The Bertz CT molecular complexity index is 1210. The third-order valence-electron chi connectivity index (χ3n) is 6.81. The fourth-order valence-corrected chi connectivity index (χ4v) is 5.12. The van der Waals surface area contributed by atoms with E-state index in [-0.39, 0.29) is 10.6 Å². The van der Waals surface area contributed by atoms with Crippen LogP contribution in [0.1, 0.15) is 35.7 Å². The molecule has 0 aliphatic carbocycles. The first-order chi connectivity index (χ1) is 17.7. The van der Waals surface area contributed by atoms with Gasteiger partial charge < -0.3 is 26.6 Å². The number of carbonyl (C=O) groups excluding carboxylic acids is 3. The summed E-state index contributed by atoms with van der Waals surface area (Å²) >= 11 is 5.97. The molecule has 0 bridgehead atoms. The Morgan fingerprint density at radius 2 is 2.00 bits per heavy atom. The Labute approximate surface area is 219 Å². The predicted octanol–water partition coefficient (Wildman–Crippen LogP) is 2.26. The SMILES string of the molecule is CC1CCCN(CCNC(=O)C2N=CNC2(C(N)=O)c2ccc(NC(=O)c3ccc(F)cc3Cl)cc2)C1. The van der Waals surface area contributed by atoms with E-state index in [4.69, 9.17) is 17.3 Å². The zero-order chi connectivity index (χ0) is 26.6. The molecule has 2 aromatic carbocycles. The van der Waals surface area contributed by atoms with Gasteiger partial charge in [0.15, 0.2) is 11.6 Å². The zero-order valence-electron chi connectivity index (χ0n) is 20.5. The number of anilines is 1. The predicted molar refractivity (Wildman–Crippen MR) is 140 cm³/mol. The standard InChI is InChI=1S/C26H30ClFN6O3/c1-16-3-2-11-34(14-16)12-10-30-24(36)22-26(25(29)37,32-15-31-22)17-4-7-19(8-5-17)33-23(35)20-9-6-18(28)13-21(20)27/h4-9,13,15-16,22H,2-3,10-12,14H2,1H3,(H2,29,37)(H,30,36)(H,31,32)(H,33,35). The first-order valence-corrected chi connectivity index (χ1v) is 12.5. The summed E-state index contributed by atoms with van der Waals surface area (Å²) in [6, 6.07) is 8.71. The van der Waals surface area contributed by atoms with Crippen LogP contribution in [0.3, 0.4) is 0 Å². The molecule has 9 nitrogen and oxygen atoms in total. The number of amides is 3. The highest BCUT2D eigenvalue weighted by molar-refractivity contribution is 6.34. The minimum Gasteiger partial charge on any atom is -0.367 e. The number of nitrogens with zero attached hydrogens (tertiary/aromatic N) is 2.